The number of rotatable bonds is 5. The molecule has 0 aliphatic carbocycles. The highest BCUT2D eigenvalue weighted by atomic mass is 35.5. The molecule has 2 aromatic rings. The lowest BCUT2D eigenvalue weighted by atomic mass is 10.2. The van der Waals surface area contributed by atoms with Crippen LogP contribution in [0.25, 0.3) is 0 Å². The van der Waals surface area contributed by atoms with Crippen molar-refractivity contribution >= 4 is 39.5 Å². The molecule has 2 rings (SSSR count). The third-order valence-corrected chi connectivity index (χ3v) is 4.52. The van der Waals surface area contributed by atoms with Crippen LogP contribution in [0.3, 0.4) is 0 Å². The van der Waals surface area contributed by atoms with E-state index >= 15 is 0 Å². The first-order valence-electron chi connectivity index (χ1n) is 6.12. The zero-order valence-electron chi connectivity index (χ0n) is 11.7. The summed E-state index contributed by atoms with van der Waals surface area (Å²) in [7, 11) is -2.79. The van der Waals surface area contributed by atoms with E-state index in [0.29, 0.717) is 10.6 Å². The van der Waals surface area contributed by atoms with Crippen LogP contribution in [0, 0.1) is 0 Å². The van der Waals surface area contributed by atoms with Crippen LogP contribution in [0.2, 0.25) is 10.0 Å². The molecule has 0 spiro atoms. The Hall–Kier alpha value is -1.96. The lowest BCUT2D eigenvalue weighted by Crippen LogP contribution is -2.11. The number of ether oxygens (including phenoxy) is 1. The zero-order chi connectivity index (χ0) is 17.0. The summed E-state index contributed by atoms with van der Waals surface area (Å²) in [5.74, 6) is -0.0934. The van der Waals surface area contributed by atoms with Crippen molar-refractivity contribution in [2.24, 2.45) is 5.16 Å². The molecule has 0 saturated heterocycles. The highest BCUT2D eigenvalue weighted by Gasteiger charge is 2.22. The van der Waals surface area contributed by atoms with Crippen LogP contribution in [0.5, 0.6) is 11.5 Å². The standard InChI is InChI=1S/C14H11Cl2NO5S/c1-21-13-7-9(8-17-18)6-12(16)14(13)22-23(19,20)11-4-2-10(15)3-5-11/h2-8,18H,1H3/b17-8-. The van der Waals surface area contributed by atoms with Gasteiger partial charge in [0.2, 0.25) is 5.75 Å². The minimum Gasteiger partial charge on any atom is -0.493 e. The van der Waals surface area contributed by atoms with Crippen molar-refractivity contribution in [1.29, 1.82) is 0 Å². The summed E-state index contributed by atoms with van der Waals surface area (Å²) in [5.41, 5.74) is 0.408. The number of benzene rings is 2. The molecule has 0 atom stereocenters. The minimum absolute atomic E-state index is 0.0169. The lowest BCUT2D eigenvalue weighted by molar-refractivity contribution is 0.322. The lowest BCUT2D eigenvalue weighted by Gasteiger charge is -2.13. The predicted molar refractivity (Wildman–Crippen MR) is 86.7 cm³/mol. The number of nitrogens with zero attached hydrogens (tertiary/aromatic N) is 1. The molecule has 0 heterocycles. The van der Waals surface area contributed by atoms with E-state index in [2.05, 4.69) is 5.16 Å². The summed E-state index contributed by atoms with van der Waals surface area (Å²) in [4.78, 5) is -0.0824. The highest BCUT2D eigenvalue weighted by Crippen LogP contribution is 2.38. The van der Waals surface area contributed by atoms with Gasteiger partial charge in [0.25, 0.3) is 0 Å². The van der Waals surface area contributed by atoms with Gasteiger partial charge < -0.3 is 14.1 Å². The quantitative estimate of drug-likeness (QED) is 0.373. The Morgan fingerprint density at radius 2 is 1.83 bits per heavy atom. The largest absolute Gasteiger partial charge is 0.493 e. The van der Waals surface area contributed by atoms with Gasteiger partial charge in [-0.1, -0.05) is 28.4 Å². The summed E-state index contributed by atoms with van der Waals surface area (Å²) < 4.78 is 34.8. The Morgan fingerprint density at radius 1 is 1.17 bits per heavy atom. The fraction of sp³-hybridized carbons (Fsp3) is 0.0714. The molecule has 122 valence electrons. The minimum atomic E-state index is -4.12. The SMILES string of the molecule is COc1cc(/C=N\O)cc(Cl)c1OS(=O)(=O)c1ccc(Cl)cc1. The van der Waals surface area contributed by atoms with E-state index in [-0.39, 0.29) is 21.4 Å². The average molecular weight is 376 g/mol. The fourth-order valence-corrected chi connectivity index (χ4v) is 3.11. The summed E-state index contributed by atoms with van der Waals surface area (Å²) >= 11 is 11.8. The Labute approximate surface area is 143 Å². The Balaban J connectivity index is 2.44. The van der Waals surface area contributed by atoms with E-state index in [1.165, 1.54) is 43.5 Å². The second-order valence-corrected chi connectivity index (χ2v) is 6.66. The molecule has 0 amide bonds. The summed E-state index contributed by atoms with van der Waals surface area (Å²) in [6, 6.07) is 8.26. The van der Waals surface area contributed by atoms with Crippen molar-refractivity contribution in [3.8, 4) is 11.5 Å². The van der Waals surface area contributed by atoms with Crippen molar-refractivity contribution in [1.82, 2.24) is 0 Å². The summed E-state index contributed by atoms with van der Waals surface area (Å²) in [5, 5.41) is 11.8. The molecule has 0 aliphatic heterocycles. The molecule has 0 fully saturated rings. The van der Waals surface area contributed by atoms with Crippen LogP contribution in [0.4, 0.5) is 0 Å². The maximum atomic E-state index is 12.3. The van der Waals surface area contributed by atoms with Crippen LogP contribution in [-0.4, -0.2) is 26.9 Å². The molecule has 0 aliphatic rings. The smallest absolute Gasteiger partial charge is 0.339 e. The van der Waals surface area contributed by atoms with E-state index < -0.39 is 10.1 Å². The first kappa shape index (κ1) is 17.4. The molecule has 23 heavy (non-hydrogen) atoms. The molecule has 2 aromatic carbocycles. The molecule has 0 unspecified atom stereocenters. The van der Waals surface area contributed by atoms with E-state index in [1.807, 2.05) is 0 Å². The molecular formula is C14H11Cl2NO5S. The molecule has 9 heteroatoms. The average Bonchev–Trinajstić information content (AvgIpc) is 2.50. The van der Waals surface area contributed by atoms with Crippen molar-refractivity contribution < 1.29 is 22.5 Å². The fourth-order valence-electron chi connectivity index (χ4n) is 1.72. The Kier molecular flexibility index (Phi) is 5.35. The van der Waals surface area contributed by atoms with Gasteiger partial charge in [-0.25, -0.2) is 0 Å². The van der Waals surface area contributed by atoms with Gasteiger partial charge in [-0.3, -0.25) is 0 Å². The molecule has 0 bridgehead atoms. The van der Waals surface area contributed by atoms with Gasteiger partial charge in [-0.05, 0) is 36.4 Å². The number of oxime groups is 1. The van der Waals surface area contributed by atoms with Crippen molar-refractivity contribution in [3.63, 3.8) is 0 Å². The maximum Gasteiger partial charge on any atom is 0.339 e. The van der Waals surface area contributed by atoms with Crippen LogP contribution in [-0.2, 0) is 10.1 Å². The van der Waals surface area contributed by atoms with Gasteiger partial charge in [0, 0.05) is 10.6 Å². The van der Waals surface area contributed by atoms with Gasteiger partial charge in [0.05, 0.1) is 18.3 Å². The predicted octanol–water partition coefficient (Wildman–Crippen LogP) is 3.58. The monoisotopic (exact) mass is 375 g/mol. The van der Waals surface area contributed by atoms with Crippen LogP contribution >= 0.6 is 23.2 Å². The van der Waals surface area contributed by atoms with Crippen molar-refractivity contribution in [3.05, 3.63) is 52.0 Å². The molecule has 0 saturated carbocycles. The van der Waals surface area contributed by atoms with Crippen molar-refractivity contribution in [2.75, 3.05) is 7.11 Å². The zero-order valence-corrected chi connectivity index (χ0v) is 14.1. The second kappa shape index (κ2) is 7.08. The first-order chi connectivity index (χ1) is 10.9. The van der Waals surface area contributed by atoms with E-state index in [1.54, 1.807) is 0 Å². The number of hydrogen-bond donors (Lipinski definition) is 1. The molecule has 0 aromatic heterocycles. The highest BCUT2D eigenvalue weighted by molar-refractivity contribution is 7.87. The number of methoxy groups -OCH3 is 1. The van der Waals surface area contributed by atoms with E-state index in [9.17, 15) is 8.42 Å². The molecular weight excluding hydrogens is 365 g/mol. The summed E-state index contributed by atoms with van der Waals surface area (Å²) in [6.45, 7) is 0. The van der Waals surface area contributed by atoms with Gasteiger partial charge in [0.1, 0.15) is 4.90 Å². The topological polar surface area (TPSA) is 85.2 Å². The van der Waals surface area contributed by atoms with E-state index in [0.717, 1.165) is 6.21 Å². The molecule has 1 N–H and O–H groups in total. The first-order valence-corrected chi connectivity index (χ1v) is 8.29. The third-order valence-electron chi connectivity index (χ3n) is 2.75. The van der Waals surface area contributed by atoms with E-state index in [4.69, 9.17) is 37.3 Å². The van der Waals surface area contributed by atoms with Gasteiger partial charge in [0.15, 0.2) is 5.75 Å². The number of halogens is 2. The third kappa shape index (κ3) is 4.07. The normalized spacial score (nSPS) is 11.6. The van der Waals surface area contributed by atoms with Gasteiger partial charge in [-0.2, -0.15) is 8.42 Å². The maximum absolute atomic E-state index is 12.3. The van der Waals surface area contributed by atoms with Gasteiger partial charge >= 0.3 is 10.1 Å². The Morgan fingerprint density at radius 3 is 2.39 bits per heavy atom. The summed E-state index contributed by atoms with van der Waals surface area (Å²) in [6.07, 6.45) is 1.12. The van der Waals surface area contributed by atoms with Crippen LogP contribution < -0.4 is 8.92 Å². The van der Waals surface area contributed by atoms with Crippen LogP contribution in [0.1, 0.15) is 5.56 Å². The van der Waals surface area contributed by atoms with Crippen molar-refractivity contribution in [2.45, 2.75) is 4.90 Å². The number of hydrogen-bond acceptors (Lipinski definition) is 6. The molecule has 6 nitrogen and oxygen atoms in total. The van der Waals surface area contributed by atoms with Gasteiger partial charge in [-0.15, -0.1) is 0 Å². The Bertz CT molecular complexity index is 835. The molecule has 0 radical (unpaired) electrons. The van der Waals surface area contributed by atoms with Crippen LogP contribution in [0.15, 0.2) is 46.4 Å². The second-order valence-electron chi connectivity index (χ2n) is 4.27.